The number of pyridine rings is 1. The third kappa shape index (κ3) is 2.91. The van der Waals surface area contributed by atoms with Crippen molar-refractivity contribution in [1.82, 2.24) is 4.98 Å². The molecule has 0 amide bonds. The van der Waals surface area contributed by atoms with Crippen LogP contribution in [0.4, 0.5) is 0 Å². The lowest BCUT2D eigenvalue weighted by atomic mass is 10.3. The van der Waals surface area contributed by atoms with E-state index in [1.54, 1.807) is 23.5 Å². The van der Waals surface area contributed by atoms with Crippen LogP contribution in [-0.2, 0) is 0 Å². The summed E-state index contributed by atoms with van der Waals surface area (Å²) in [5, 5.41) is 0. The molecule has 0 unspecified atom stereocenters. The fraction of sp³-hybridized carbons (Fsp3) is 0.222. The van der Waals surface area contributed by atoms with Crippen LogP contribution in [0.2, 0.25) is 0 Å². The fourth-order valence-corrected chi connectivity index (χ4v) is 1.97. The van der Waals surface area contributed by atoms with E-state index in [2.05, 4.69) is 23.6 Å². The van der Waals surface area contributed by atoms with Gasteiger partial charge in [0, 0.05) is 16.6 Å². The molecule has 0 fully saturated rings. The molecule has 0 radical (unpaired) electrons. The monoisotopic (exact) mass is 197 g/mol. The molecular weight excluding hydrogens is 186 g/mol. The number of hydrogen-bond donors (Lipinski definition) is 0. The zero-order valence-corrected chi connectivity index (χ0v) is 8.78. The molecular formula is C9H11NS2. The summed E-state index contributed by atoms with van der Waals surface area (Å²) >= 11 is 3.54. The molecule has 0 aliphatic carbocycles. The molecule has 0 N–H and O–H groups in total. The second kappa shape index (κ2) is 5.27. The largest absolute Gasteiger partial charge is 0.265 e. The first-order valence-electron chi connectivity index (χ1n) is 3.56. The first kappa shape index (κ1) is 9.68. The Morgan fingerprint density at radius 2 is 1.83 bits per heavy atom. The second-order valence-electron chi connectivity index (χ2n) is 2.15. The van der Waals surface area contributed by atoms with E-state index < -0.39 is 0 Å². The predicted molar refractivity (Wildman–Crippen MR) is 59.2 cm³/mol. The van der Waals surface area contributed by atoms with Crippen LogP contribution < -0.4 is 0 Å². The number of rotatable bonds is 3. The SMILES string of the molecule is CSC(=Cc1ccncc1)SC. The summed E-state index contributed by atoms with van der Waals surface area (Å²) in [5.74, 6) is 0. The molecule has 0 aromatic carbocycles. The summed E-state index contributed by atoms with van der Waals surface area (Å²) in [6.07, 6.45) is 9.96. The van der Waals surface area contributed by atoms with Crippen LogP contribution in [0.5, 0.6) is 0 Å². The van der Waals surface area contributed by atoms with Gasteiger partial charge in [-0.15, -0.1) is 23.5 Å². The van der Waals surface area contributed by atoms with Crippen LogP contribution in [0.1, 0.15) is 5.56 Å². The summed E-state index contributed by atoms with van der Waals surface area (Å²) in [4.78, 5) is 3.96. The minimum atomic E-state index is 1.21. The summed E-state index contributed by atoms with van der Waals surface area (Å²) in [5.41, 5.74) is 1.21. The average Bonchev–Trinajstić information content (AvgIpc) is 2.16. The third-order valence-electron chi connectivity index (χ3n) is 1.39. The van der Waals surface area contributed by atoms with Gasteiger partial charge in [-0.25, -0.2) is 0 Å². The van der Waals surface area contributed by atoms with Gasteiger partial charge in [0.15, 0.2) is 0 Å². The van der Waals surface area contributed by atoms with E-state index in [9.17, 15) is 0 Å². The Bertz CT molecular complexity index is 250. The topological polar surface area (TPSA) is 12.9 Å². The van der Waals surface area contributed by atoms with Crippen LogP contribution in [-0.4, -0.2) is 17.5 Å². The smallest absolute Gasteiger partial charge is 0.0401 e. The highest BCUT2D eigenvalue weighted by Gasteiger charge is 1.91. The molecule has 1 aromatic rings. The Balaban J connectivity index is 2.79. The van der Waals surface area contributed by atoms with Gasteiger partial charge in [0.25, 0.3) is 0 Å². The van der Waals surface area contributed by atoms with E-state index in [4.69, 9.17) is 0 Å². The van der Waals surface area contributed by atoms with E-state index >= 15 is 0 Å². The minimum absolute atomic E-state index is 1.21. The van der Waals surface area contributed by atoms with Crippen molar-refractivity contribution in [2.75, 3.05) is 12.5 Å². The molecule has 0 saturated carbocycles. The van der Waals surface area contributed by atoms with E-state index in [1.807, 2.05) is 24.5 Å². The Morgan fingerprint density at radius 3 is 2.33 bits per heavy atom. The average molecular weight is 197 g/mol. The first-order chi connectivity index (χ1) is 5.86. The third-order valence-corrected chi connectivity index (χ3v) is 3.43. The molecule has 1 aromatic heterocycles. The molecule has 1 nitrogen and oxygen atoms in total. The van der Waals surface area contributed by atoms with Crippen LogP contribution in [0.15, 0.2) is 28.8 Å². The molecule has 1 heterocycles. The maximum atomic E-state index is 3.96. The molecule has 0 bridgehead atoms. The first-order valence-corrected chi connectivity index (χ1v) is 6.01. The summed E-state index contributed by atoms with van der Waals surface area (Å²) in [6.45, 7) is 0. The molecule has 12 heavy (non-hydrogen) atoms. The van der Waals surface area contributed by atoms with Gasteiger partial charge in [0.1, 0.15) is 0 Å². The van der Waals surface area contributed by atoms with E-state index in [-0.39, 0.29) is 0 Å². The molecule has 0 saturated heterocycles. The Hall–Kier alpha value is -0.410. The Kier molecular flexibility index (Phi) is 4.25. The maximum absolute atomic E-state index is 3.96. The summed E-state index contributed by atoms with van der Waals surface area (Å²) < 4.78 is 1.32. The molecule has 0 aliphatic rings. The second-order valence-corrected chi connectivity index (χ2v) is 4.11. The lowest BCUT2D eigenvalue weighted by Gasteiger charge is -1.98. The Morgan fingerprint density at radius 1 is 1.25 bits per heavy atom. The fourth-order valence-electron chi connectivity index (χ4n) is 0.797. The van der Waals surface area contributed by atoms with Gasteiger partial charge in [-0.3, -0.25) is 4.98 Å². The zero-order chi connectivity index (χ0) is 8.81. The normalized spacial score (nSPS) is 9.50. The highest BCUT2D eigenvalue weighted by atomic mass is 32.2. The molecule has 3 heteroatoms. The molecule has 0 aliphatic heterocycles. The van der Waals surface area contributed by atoms with E-state index in [0.717, 1.165) is 0 Å². The van der Waals surface area contributed by atoms with Gasteiger partial charge < -0.3 is 0 Å². The van der Waals surface area contributed by atoms with Crippen molar-refractivity contribution in [2.45, 2.75) is 0 Å². The van der Waals surface area contributed by atoms with Gasteiger partial charge in [0.2, 0.25) is 0 Å². The van der Waals surface area contributed by atoms with Crippen LogP contribution >= 0.6 is 23.5 Å². The van der Waals surface area contributed by atoms with Crippen molar-refractivity contribution < 1.29 is 0 Å². The Labute approximate surface area is 81.7 Å². The van der Waals surface area contributed by atoms with Crippen molar-refractivity contribution in [1.29, 1.82) is 0 Å². The van der Waals surface area contributed by atoms with Crippen molar-refractivity contribution in [3.63, 3.8) is 0 Å². The molecule has 0 atom stereocenters. The zero-order valence-electron chi connectivity index (χ0n) is 7.15. The van der Waals surface area contributed by atoms with Gasteiger partial charge >= 0.3 is 0 Å². The molecule has 64 valence electrons. The molecule has 0 spiro atoms. The maximum Gasteiger partial charge on any atom is 0.0401 e. The quantitative estimate of drug-likeness (QED) is 0.739. The number of aromatic nitrogens is 1. The number of nitrogens with zero attached hydrogens (tertiary/aromatic N) is 1. The van der Waals surface area contributed by atoms with Crippen LogP contribution in [0.25, 0.3) is 6.08 Å². The van der Waals surface area contributed by atoms with Crippen LogP contribution in [0.3, 0.4) is 0 Å². The van der Waals surface area contributed by atoms with Gasteiger partial charge in [-0.1, -0.05) is 0 Å². The van der Waals surface area contributed by atoms with Gasteiger partial charge in [-0.05, 0) is 36.3 Å². The highest BCUT2D eigenvalue weighted by Crippen LogP contribution is 2.25. The number of hydrogen-bond acceptors (Lipinski definition) is 3. The van der Waals surface area contributed by atoms with Gasteiger partial charge in [-0.2, -0.15) is 0 Å². The lowest BCUT2D eigenvalue weighted by Crippen LogP contribution is -1.74. The van der Waals surface area contributed by atoms with Crippen LogP contribution in [0, 0.1) is 0 Å². The molecule has 1 rings (SSSR count). The van der Waals surface area contributed by atoms with Crippen molar-refractivity contribution in [2.24, 2.45) is 0 Å². The van der Waals surface area contributed by atoms with Gasteiger partial charge in [0.05, 0.1) is 0 Å². The number of thioether (sulfide) groups is 2. The summed E-state index contributed by atoms with van der Waals surface area (Å²) in [7, 11) is 0. The van der Waals surface area contributed by atoms with Crippen molar-refractivity contribution in [3.05, 3.63) is 34.3 Å². The lowest BCUT2D eigenvalue weighted by molar-refractivity contribution is 1.32. The minimum Gasteiger partial charge on any atom is -0.265 e. The van der Waals surface area contributed by atoms with Crippen molar-refractivity contribution >= 4 is 29.6 Å². The standard InChI is InChI=1S/C9H11NS2/c1-11-9(12-2)7-8-3-5-10-6-4-8/h3-7H,1-2H3. The summed E-state index contributed by atoms with van der Waals surface area (Å²) in [6, 6.07) is 4.01. The predicted octanol–water partition coefficient (Wildman–Crippen LogP) is 3.11. The highest BCUT2D eigenvalue weighted by molar-refractivity contribution is 8.21. The van der Waals surface area contributed by atoms with E-state index in [1.165, 1.54) is 9.80 Å². The van der Waals surface area contributed by atoms with Crippen molar-refractivity contribution in [3.8, 4) is 0 Å². The van der Waals surface area contributed by atoms with E-state index in [0.29, 0.717) is 0 Å².